The van der Waals surface area contributed by atoms with Crippen molar-refractivity contribution in [1.29, 1.82) is 5.26 Å². The summed E-state index contributed by atoms with van der Waals surface area (Å²) in [6.07, 6.45) is 0. The van der Waals surface area contributed by atoms with Crippen LogP contribution in [0.1, 0.15) is 5.56 Å². The molecule has 0 amide bonds. The molecule has 0 heterocycles. The highest BCUT2D eigenvalue weighted by Gasteiger charge is 2.07. The lowest BCUT2D eigenvalue weighted by Crippen LogP contribution is -2.16. The first-order valence-electron chi connectivity index (χ1n) is 4.50. The Morgan fingerprint density at radius 2 is 2.25 bits per heavy atom. The lowest BCUT2D eigenvalue weighted by Gasteiger charge is -2.06. The quantitative estimate of drug-likeness (QED) is 0.828. The van der Waals surface area contributed by atoms with E-state index in [1.807, 2.05) is 6.07 Å². The first-order chi connectivity index (χ1) is 7.67. The van der Waals surface area contributed by atoms with Gasteiger partial charge in [0.2, 0.25) is 0 Å². The lowest BCUT2D eigenvalue weighted by molar-refractivity contribution is -0.124. The number of rotatable bonds is 5. The highest BCUT2D eigenvalue weighted by molar-refractivity contribution is 9.10. The van der Waals surface area contributed by atoms with Crippen LogP contribution in [0, 0.1) is 11.3 Å². The van der Waals surface area contributed by atoms with E-state index in [4.69, 9.17) is 10.00 Å². The minimum absolute atomic E-state index is 0.0123. The van der Waals surface area contributed by atoms with E-state index < -0.39 is 0 Å². The van der Waals surface area contributed by atoms with Crippen molar-refractivity contribution in [3.63, 3.8) is 0 Å². The monoisotopic (exact) mass is 283 g/mol. The summed E-state index contributed by atoms with van der Waals surface area (Å²) < 4.78 is 10.7. The van der Waals surface area contributed by atoms with Crippen LogP contribution >= 0.6 is 15.9 Å². The largest absolute Gasteiger partial charge is 0.484 e. The van der Waals surface area contributed by atoms with E-state index in [1.54, 1.807) is 18.2 Å². The van der Waals surface area contributed by atoms with Gasteiger partial charge in [-0.2, -0.15) is 5.26 Å². The number of hydrogen-bond donors (Lipinski definition) is 0. The lowest BCUT2D eigenvalue weighted by atomic mass is 10.2. The Balaban J connectivity index is 2.67. The van der Waals surface area contributed by atoms with Crippen LogP contribution in [0.15, 0.2) is 22.7 Å². The Morgan fingerprint density at radius 1 is 1.50 bits per heavy atom. The second kappa shape index (κ2) is 6.26. The zero-order valence-corrected chi connectivity index (χ0v) is 10.3. The summed E-state index contributed by atoms with van der Waals surface area (Å²) in [5.74, 6) is 0.226. The number of nitrogens with zero attached hydrogens (tertiary/aromatic N) is 1. The van der Waals surface area contributed by atoms with Crippen molar-refractivity contribution < 1.29 is 14.3 Å². The summed E-state index contributed by atoms with van der Waals surface area (Å²) in [6, 6.07) is 7.02. The van der Waals surface area contributed by atoms with Gasteiger partial charge in [0.1, 0.15) is 25.0 Å². The van der Waals surface area contributed by atoms with Crippen LogP contribution in [-0.2, 0) is 9.53 Å². The Hall–Kier alpha value is -1.38. The van der Waals surface area contributed by atoms with Crippen LogP contribution in [-0.4, -0.2) is 26.1 Å². The molecule has 0 saturated carbocycles. The van der Waals surface area contributed by atoms with Gasteiger partial charge in [-0.25, -0.2) is 0 Å². The molecule has 0 N–H and O–H groups in total. The van der Waals surface area contributed by atoms with Crippen LogP contribution in [0.5, 0.6) is 5.75 Å². The molecule has 0 aromatic heterocycles. The van der Waals surface area contributed by atoms with E-state index in [9.17, 15) is 4.79 Å². The first-order valence-corrected chi connectivity index (χ1v) is 5.29. The molecule has 0 aliphatic rings. The molecule has 1 rings (SSSR count). The molecule has 0 radical (unpaired) electrons. The maximum atomic E-state index is 11.1. The molecule has 0 bridgehead atoms. The van der Waals surface area contributed by atoms with E-state index >= 15 is 0 Å². The summed E-state index contributed by atoms with van der Waals surface area (Å²) in [4.78, 5) is 11.1. The molecule has 1 aromatic carbocycles. The number of nitriles is 1. The normalized spacial score (nSPS) is 9.56. The second-order valence-electron chi connectivity index (χ2n) is 3.01. The van der Waals surface area contributed by atoms with Gasteiger partial charge in [0.05, 0.1) is 5.56 Å². The van der Waals surface area contributed by atoms with E-state index in [0.29, 0.717) is 11.3 Å². The number of benzene rings is 1. The van der Waals surface area contributed by atoms with Crippen molar-refractivity contribution in [1.82, 2.24) is 0 Å². The van der Waals surface area contributed by atoms with Crippen molar-refractivity contribution in [3.05, 3.63) is 28.2 Å². The van der Waals surface area contributed by atoms with Gasteiger partial charge in [0.25, 0.3) is 0 Å². The maximum absolute atomic E-state index is 11.1. The summed E-state index contributed by atoms with van der Waals surface area (Å²) >= 11 is 3.25. The second-order valence-corrected chi connectivity index (χ2v) is 3.93. The fourth-order valence-electron chi connectivity index (χ4n) is 1.08. The highest BCUT2D eigenvalue weighted by atomic mass is 79.9. The number of hydrogen-bond acceptors (Lipinski definition) is 4. The minimum atomic E-state index is -0.172. The topological polar surface area (TPSA) is 59.3 Å². The van der Waals surface area contributed by atoms with Crippen molar-refractivity contribution in [2.45, 2.75) is 0 Å². The molecule has 0 aliphatic heterocycles. The fourth-order valence-corrected chi connectivity index (χ4v) is 1.44. The van der Waals surface area contributed by atoms with Gasteiger partial charge < -0.3 is 9.47 Å². The molecular weight excluding hydrogens is 274 g/mol. The number of ether oxygens (including phenoxy) is 2. The maximum Gasteiger partial charge on any atom is 0.195 e. The molecule has 16 heavy (non-hydrogen) atoms. The van der Waals surface area contributed by atoms with E-state index in [2.05, 4.69) is 20.7 Å². The van der Waals surface area contributed by atoms with Gasteiger partial charge in [-0.1, -0.05) is 15.9 Å². The Morgan fingerprint density at radius 3 is 2.88 bits per heavy atom. The van der Waals surface area contributed by atoms with Gasteiger partial charge >= 0.3 is 0 Å². The number of carbonyl (C=O) groups excluding carboxylic acids is 1. The predicted molar refractivity (Wildman–Crippen MR) is 61.2 cm³/mol. The molecule has 84 valence electrons. The van der Waals surface area contributed by atoms with Crippen LogP contribution in [0.2, 0.25) is 0 Å². The number of halogens is 1. The van der Waals surface area contributed by atoms with Gasteiger partial charge in [0.15, 0.2) is 5.78 Å². The van der Waals surface area contributed by atoms with Crippen LogP contribution in [0.4, 0.5) is 0 Å². The molecule has 4 nitrogen and oxygen atoms in total. The summed E-state index contributed by atoms with van der Waals surface area (Å²) in [5, 5.41) is 8.85. The zero-order chi connectivity index (χ0) is 12.0. The number of carbonyl (C=O) groups is 1. The Bertz CT molecular complexity index is 426. The average Bonchev–Trinajstić information content (AvgIpc) is 2.27. The number of Topliss-reactive ketones (excluding diaryl/α,β-unsaturated/α-hetero) is 1. The van der Waals surface area contributed by atoms with Gasteiger partial charge in [-0.05, 0) is 18.2 Å². The average molecular weight is 284 g/mol. The molecule has 0 fully saturated rings. The molecule has 0 aliphatic carbocycles. The van der Waals surface area contributed by atoms with Crippen LogP contribution in [0.25, 0.3) is 0 Å². The third-order valence-electron chi connectivity index (χ3n) is 1.76. The molecule has 5 heteroatoms. The molecule has 0 unspecified atom stereocenters. The number of ketones is 1. The summed E-state index contributed by atoms with van der Waals surface area (Å²) in [5.41, 5.74) is 0.389. The third kappa shape index (κ3) is 3.65. The molecular formula is C11H10BrNO3. The fraction of sp³-hybridized carbons (Fsp3) is 0.273. The molecule has 0 spiro atoms. The van der Waals surface area contributed by atoms with E-state index in [1.165, 1.54) is 7.11 Å². The molecule has 1 aromatic rings. The van der Waals surface area contributed by atoms with Crippen molar-refractivity contribution in [2.75, 3.05) is 20.3 Å². The van der Waals surface area contributed by atoms with Crippen molar-refractivity contribution in [2.24, 2.45) is 0 Å². The van der Waals surface area contributed by atoms with Crippen LogP contribution in [0.3, 0.4) is 0 Å². The predicted octanol–water partition coefficient (Wildman–Crippen LogP) is 1.92. The van der Waals surface area contributed by atoms with Crippen molar-refractivity contribution >= 4 is 21.7 Å². The van der Waals surface area contributed by atoms with Gasteiger partial charge in [0, 0.05) is 11.6 Å². The SMILES string of the molecule is COCC(=O)COc1ccc(Br)cc1C#N. The standard InChI is InChI=1S/C11H10BrNO3/c1-15-6-10(14)7-16-11-3-2-9(12)4-8(11)5-13/h2-4H,6-7H2,1H3. The number of methoxy groups -OCH3 is 1. The van der Waals surface area contributed by atoms with Crippen LogP contribution < -0.4 is 4.74 Å². The smallest absolute Gasteiger partial charge is 0.195 e. The van der Waals surface area contributed by atoms with Gasteiger partial charge in [-0.15, -0.1) is 0 Å². The zero-order valence-electron chi connectivity index (χ0n) is 8.70. The summed E-state index contributed by atoms with van der Waals surface area (Å²) in [6.45, 7) is -0.0808. The highest BCUT2D eigenvalue weighted by Crippen LogP contribution is 2.22. The minimum Gasteiger partial charge on any atom is -0.484 e. The Kier molecular flexibility index (Phi) is 4.96. The molecule has 0 atom stereocenters. The van der Waals surface area contributed by atoms with Crippen molar-refractivity contribution in [3.8, 4) is 11.8 Å². The van der Waals surface area contributed by atoms with E-state index in [0.717, 1.165) is 4.47 Å². The van der Waals surface area contributed by atoms with Gasteiger partial charge in [-0.3, -0.25) is 4.79 Å². The third-order valence-corrected chi connectivity index (χ3v) is 2.25. The molecule has 0 saturated heterocycles. The van der Waals surface area contributed by atoms with E-state index in [-0.39, 0.29) is 19.0 Å². The summed E-state index contributed by atoms with van der Waals surface area (Å²) in [7, 11) is 1.44. The Labute approximate surface area is 102 Å². The first kappa shape index (κ1) is 12.7.